The highest BCUT2D eigenvalue weighted by Crippen LogP contribution is 2.31. The van der Waals surface area contributed by atoms with Crippen LogP contribution in [-0.2, 0) is 19.1 Å². The smallest absolute Gasteiger partial charge is 0.308 e. The fourth-order valence-electron chi connectivity index (χ4n) is 5.34. The number of carbonyl (C=O) groups excluding carboxylic acids is 2. The number of hydrogen-bond donors (Lipinski definition) is 0. The van der Waals surface area contributed by atoms with Gasteiger partial charge in [-0.2, -0.15) is 0 Å². The second kappa shape index (κ2) is 23.1. The highest BCUT2D eigenvalue weighted by molar-refractivity contribution is 5.76. The van der Waals surface area contributed by atoms with Gasteiger partial charge in [-0.05, 0) is 44.4 Å². The van der Waals surface area contributed by atoms with Crippen LogP contribution in [0.1, 0.15) is 162 Å². The maximum absolute atomic E-state index is 12.5. The Hall–Kier alpha value is -1.06. The molecule has 1 fully saturated rings. The standard InChI is InChI=1S/C32H60O4/c1-4-5-6-7-8-9-10-11-12-13-14-15-16-17-18-19-25-35-31(33)29-23-20-24-30(27-29)32(34)36-26-21-22-28(2)3/h28-30H,4-27H2,1-3H3. The maximum atomic E-state index is 12.5. The molecular weight excluding hydrogens is 448 g/mol. The minimum atomic E-state index is -0.133. The van der Waals surface area contributed by atoms with Crippen molar-refractivity contribution < 1.29 is 19.1 Å². The number of ether oxygens (including phenoxy) is 2. The predicted molar refractivity (Wildman–Crippen MR) is 151 cm³/mol. The zero-order valence-electron chi connectivity index (χ0n) is 24.3. The number of esters is 2. The van der Waals surface area contributed by atoms with Gasteiger partial charge in [0, 0.05) is 0 Å². The molecule has 1 rings (SSSR count). The van der Waals surface area contributed by atoms with Crippen molar-refractivity contribution >= 4 is 11.9 Å². The lowest BCUT2D eigenvalue weighted by molar-refractivity contribution is -0.155. The van der Waals surface area contributed by atoms with Gasteiger partial charge in [0.15, 0.2) is 0 Å². The van der Waals surface area contributed by atoms with Crippen LogP contribution in [0.15, 0.2) is 0 Å². The third kappa shape index (κ3) is 18.2. The summed E-state index contributed by atoms with van der Waals surface area (Å²) in [5, 5.41) is 0. The Morgan fingerprint density at radius 1 is 0.611 bits per heavy atom. The van der Waals surface area contributed by atoms with E-state index in [0.29, 0.717) is 25.6 Å². The fraction of sp³-hybridized carbons (Fsp3) is 0.938. The van der Waals surface area contributed by atoms with Gasteiger partial charge in [0.2, 0.25) is 0 Å². The first kappa shape index (κ1) is 33.0. The van der Waals surface area contributed by atoms with Gasteiger partial charge >= 0.3 is 11.9 Å². The summed E-state index contributed by atoms with van der Waals surface area (Å²) in [5.41, 5.74) is 0. The molecule has 0 aromatic rings. The van der Waals surface area contributed by atoms with E-state index in [9.17, 15) is 9.59 Å². The Morgan fingerprint density at radius 3 is 1.42 bits per heavy atom. The van der Waals surface area contributed by atoms with Crippen LogP contribution < -0.4 is 0 Å². The molecule has 0 bridgehead atoms. The van der Waals surface area contributed by atoms with Crippen LogP contribution in [0, 0.1) is 17.8 Å². The highest BCUT2D eigenvalue weighted by Gasteiger charge is 2.32. The number of carbonyl (C=O) groups is 2. The van der Waals surface area contributed by atoms with E-state index in [-0.39, 0.29) is 23.8 Å². The molecule has 212 valence electrons. The molecule has 0 N–H and O–H groups in total. The molecule has 0 saturated heterocycles. The summed E-state index contributed by atoms with van der Waals surface area (Å²) in [4.78, 5) is 24.9. The summed E-state index contributed by atoms with van der Waals surface area (Å²) in [5.74, 6) is 0.146. The van der Waals surface area contributed by atoms with Gasteiger partial charge < -0.3 is 9.47 Å². The topological polar surface area (TPSA) is 52.6 Å². The van der Waals surface area contributed by atoms with Gasteiger partial charge in [0.1, 0.15) is 0 Å². The van der Waals surface area contributed by atoms with E-state index in [2.05, 4.69) is 20.8 Å². The fourth-order valence-corrected chi connectivity index (χ4v) is 5.34. The predicted octanol–water partition coefficient (Wildman–Crippen LogP) is 9.58. The summed E-state index contributed by atoms with van der Waals surface area (Å²) in [6.45, 7) is 7.67. The van der Waals surface area contributed by atoms with Crippen molar-refractivity contribution in [2.45, 2.75) is 162 Å². The van der Waals surface area contributed by atoms with Crippen LogP contribution in [0.3, 0.4) is 0 Å². The average molecular weight is 509 g/mol. The van der Waals surface area contributed by atoms with E-state index < -0.39 is 0 Å². The van der Waals surface area contributed by atoms with Crippen LogP contribution in [-0.4, -0.2) is 25.2 Å². The van der Waals surface area contributed by atoms with Gasteiger partial charge in [-0.1, -0.05) is 124 Å². The second-order valence-corrected chi connectivity index (χ2v) is 11.7. The van der Waals surface area contributed by atoms with Crippen LogP contribution in [0.2, 0.25) is 0 Å². The molecule has 36 heavy (non-hydrogen) atoms. The molecule has 0 aromatic heterocycles. The molecule has 4 heteroatoms. The summed E-state index contributed by atoms with van der Waals surface area (Å²) < 4.78 is 11.0. The zero-order valence-corrected chi connectivity index (χ0v) is 24.3. The Bertz CT molecular complexity index is 530. The van der Waals surface area contributed by atoms with Crippen molar-refractivity contribution in [1.29, 1.82) is 0 Å². The summed E-state index contributed by atoms with van der Waals surface area (Å²) in [6.07, 6.45) is 26.6. The van der Waals surface area contributed by atoms with Crippen LogP contribution in [0.4, 0.5) is 0 Å². The van der Waals surface area contributed by atoms with E-state index in [0.717, 1.165) is 44.9 Å². The average Bonchev–Trinajstić information content (AvgIpc) is 2.88. The molecule has 2 atom stereocenters. The lowest BCUT2D eigenvalue weighted by Crippen LogP contribution is -2.30. The SMILES string of the molecule is CCCCCCCCCCCCCCCCCCOC(=O)C1CCCC(C(=O)OCCCC(C)C)C1. The Balaban J connectivity index is 1.93. The molecule has 1 aliphatic carbocycles. The van der Waals surface area contributed by atoms with Crippen molar-refractivity contribution in [1.82, 2.24) is 0 Å². The van der Waals surface area contributed by atoms with Crippen LogP contribution >= 0.6 is 0 Å². The third-order valence-electron chi connectivity index (χ3n) is 7.75. The summed E-state index contributed by atoms with van der Waals surface area (Å²) in [7, 11) is 0. The minimum Gasteiger partial charge on any atom is -0.465 e. The third-order valence-corrected chi connectivity index (χ3v) is 7.75. The highest BCUT2D eigenvalue weighted by atomic mass is 16.5. The van der Waals surface area contributed by atoms with Crippen molar-refractivity contribution in [2.75, 3.05) is 13.2 Å². The van der Waals surface area contributed by atoms with Crippen molar-refractivity contribution in [3.63, 3.8) is 0 Å². The molecule has 0 aromatic carbocycles. The number of rotatable bonds is 23. The molecular formula is C32H60O4. The Kier molecular flexibility index (Phi) is 21.1. The molecule has 4 nitrogen and oxygen atoms in total. The molecule has 0 heterocycles. The summed E-state index contributed by atoms with van der Waals surface area (Å²) in [6, 6.07) is 0. The monoisotopic (exact) mass is 508 g/mol. The van der Waals surface area contributed by atoms with Gasteiger partial charge in [-0.25, -0.2) is 0 Å². The van der Waals surface area contributed by atoms with Gasteiger partial charge in [0.05, 0.1) is 25.0 Å². The second-order valence-electron chi connectivity index (χ2n) is 11.7. The molecule has 0 amide bonds. The largest absolute Gasteiger partial charge is 0.465 e. The van der Waals surface area contributed by atoms with Crippen LogP contribution in [0.5, 0.6) is 0 Å². The first-order valence-electron chi connectivity index (χ1n) is 15.9. The maximum Gasteiger partial charge on any atom is 0.308 e. The molecule has 0 radical (unpaired) electrons. The van der Waals surface area contributed by atoms with E-state index in [1.807, 2.05) is 0 Å². The van der Waals surface area contributed by atoms with E-state index in [1.54, 1.807) is 0 Å². The van der Waals surface area contributed by atoms with E-state index >= 15 is 0 Å². The number of hydrogen-bond acceptors (Lipinski definition) is 4. The molecule has 0 spiro atoms. The molecule has 1 saturated carbocycles. The van der Waals surface area contributed by atoms with Gasteiger partial charge in [-0.3, -0.25) is 9.59 Å². The van der Waals surface area contributed by atoms with E-state index in [1.165, 1.54) is 89.9 Å². The number of unbranched alkanes of at least 4 members (excludes halogenated alkanes) is 15. The first-order valence-corrected chi connectivity index (χ1v) is 15.9. The zero-order chi connectivity index (χ0) is 26.3. The molecule has 1 aliphatic rings. The molecule has 2 unspecified atom stereocenters. The van der Waals surface area contributed by atoms with E-state index in [4.69, 9.17) is 9.47 Å². The molecule has 0 aliphatic heterocycles. The Labute approximate surface area is 224 Å². The van der Waals surface area contributed by atoms with Crippen molar-refractivity contribution in [3.8, 4) is 0 Å². The van der Waals surface area contributed by atoms with Gasteiger partial charge in [0.25, 0.3) is 0 Å². The quantitative estimate of drug-likeness (QED) is 0.102. The van der Waals surface area contributed by atoms with Crippen LogP contribution in [0.25, 0.3) is 0 Å². The lowest BCUT2D eigenvalue weighted by Gasteiger charge is -2.26. The van der Waals surface area contributed by atoms with Crippen molar-refractivity contribution in [3.05, 3.63) is 0 Å². The van der Waals surface area contributed by atoms with Gasteiger partial charge in [-0.15, -0.1) is 0 Å². The minimum absolute atomic E-state index is 0.103. The normalized spacial score (nSPS) is 17.9. The first-order chi connectivity index (χ1) is 17.5. The van der Waals surface area contributed by atoms with Crippen molar-refractivity contribution in [2.24, 2.45) is 17.8 Å². The summed E-state index contributed by atoms with van der Waals surface area (Å²) >= 11 is 0. The Morgan fingerprint density at radius 2 is 1.00 bits per heavy atom. The lowest BCUT2D eigenvalue weighted by atomic mass is 9.81.